The van der Waals surface area contributed by atoms with Crippen molar-refractivity contribution in [2.45, 2.75) is 0 Å². The van der Waals surface area contributed by atoms with Crippen LogP contribution in [0.1, 0.15) is 5.56 Å². The van der Waals surface area contributed by atoms with Crippen LogP contribution in [0.5, 0.6) is 17.2 Å². The zero-order valence-electron chi connectivity index (χ0n) is 14.6. The summed E-state index contributed by atoms with van der Waals surface area (Å²) in [5.74, 6) is 2.37. The number of rotatable bonds is 6. The minimum Gasteiger partial charge on any atom is -0.496 e. The molecule has 0 amide bonds. The fourth-order valence-electron chi connectivity index (χ4n) is 2.45. The largest absolute Gasteiger partial charge is 0.496 e. The maximum Gasteiger partial charge on any atom is 0.216 e. The van der Waals surface area contributed by atoms with Gasteiger partial charge in [0.15, 0.2) is 17.3 Å². The van der Waals surface area contributed by atoms with Crippen LogP contribution in [-0.2, 0) is 0 Å². The first kappa shape index (κ1) is 17.7. The zero-order chi connectivity index (χ0) is 18.5. The molecular weight excluding hydrogens is 352 g/mol. The van der Waals surface area contributed by atoms with Crippen LogP contribution < -0.4 is 14.2 Å². The highest BCUT2D eigenvalue weighted by Gasteiger charge is 2.12. The zero-order valence-corrected chi connectivity index (χ0v) is 15.4. The molecule has 0 bridgehead atoms. The molecule has 0 aliphatic carbocycles. The number of hydrogen-bond donors (Lipinski definition) is 1. The molecule has 0 saturated carbocycles. The van der Waals surface area contributed by atoms with E-state index in [2.05, 4.69) is 15.3 Å². The second-order valence-electron chi connectivity index (χ2n) is 5.22. The summed E-state index contributed by atoms with van der Waals surface area (Å²) < 4.78 is 18.0. The molecule has 2 aromatic carbocycles. The minimum absolute atomic E-state index is 0.388. The maximum absolute atomic E-state index is 5.42. The van der Waals surface area contributed by atoms with Crippen LogP contribution in [0.2, 0.25) is 0 Å². The summed E-state index contributed by atoms with van der Waals surface area (Å²) in [4.78, 5) is 0. The lowest BCUT2D eigenvalue weighted by Crippen LogP contribution is -1.99. The lowest BCUT2D eigenvalue weighted by Gasteiger charge is -2.11. The number of benzene rings is 2. The van der Waals surface area contributed by atoms with Gasteiger partial charge in [-0.3, -0.25) is 0 Å². The molecule has 26 heavy (non-hydrogen) atoms. The van der Waals surface area contributed by atoms with Crippen molar-refractivity contribution >= 4 is 18.4 Å². The SMILES string of the molecule is COc1cc(OC)c(OC)cc1/C=N/n1c(-c2ccccc2)n[nH]c1=S. The van der Waals surface area contributed by atoms with E-state index in [1.807, 2.05) is 30.3 Å². The summed E-state index contributed by atoms with van der Waals surface area (Å²) in [6, 6.07) is 13.2. The van der Waals surface area contributed by atoms with Gasteiger partial charge in [0.2, 0.25) is 4.77 Å². The Labute approximate surface area is 155 Å². The Morgan fingerprint density at radius 3 is 2.31 bits per heavy atom. The number of nitrogens with zero attached hydrogens (tertiary/aromatic N) is 3. The van der Waals surface area contributed by atoms with Crippen molar-refractivity contribution in [2.24, 2.45) is 5.10 Å². The Balaban J connectivity index is 2.04. The first-order chi connectivity index (χ1) is 12.7. The average molecular weight is 370 g/mol. The van der Waals surface area contributed by atoms with Crippen LogP contribution in [0.4, 0.5) is 0 Å². The molecule has 1 heterocycles. The van der Waals surface area contributed by atoms with E-state index in [0.29, 0.717) is 33.4 Å². The first-order valence-corrected chi connectivity index (χ1v) is 8.16. The number of nitrogens with one attached hydrogen (secondary N) is 1. The number of hydrogen-bond acceptors (Lipinski definition) is 6. The monoisotopic (exact) mass is 370 g/mol. The van der Waals surface area contributed by atoms with Crippen LogP contribution in [-0.4, -0.2) is 42.4 Å². The van der Waals surface area contributed by atoms with Gasteiger partial charge in [0, 0.05) is 17.2 Å². The van der Waals surface area contributed by atoms with Gasteiger partial charge in [-0.1, -0.05) is 30.3 Å². The van der Waals surface area contributed by atoms with E-state index >= 15 is 0 Å². The van der Waals surface area contributed by atoms with Crippen molar-refractivity contribution < 1.29 is 14.2 Å². The molecular formula is C18H18N4O3S. The van der Waals surface area contributed by atoms with E-state index in [1.165, 1.54) is 0 Å². The second-order valence-corrected chi connectivity index (χ2v) is 5.61. The smallest absolute Gasteiger partial charge is 0.216 e. The number of methoxy groups -OCH3 is 3. The van der Waals surface area contributed by atoms with Crippen molar-refractivity contribution in [3.63, 3.8) is 0 Å². The van der Waals surface area contributed by atoms with E-state index in [9.17, 15) is 0 Å². The van der Waals surface area contributed by atoms with Crippen molar-refractivity contribution in [2.75, 3.05) is 21.3 Å². The molecule has 8 heteroatoms. The summed E-state index contributed by atoms with van der Waals surface area (Å²) in [5.41, 5.74) is 1.61. The highest BCUT2D eigenvalue weighted by atomic mass is 32.1. The van der Waals surface area contributed by atoms with Crippen LogP contribution in [0.15, 0.2) is 47.6 Å². The van der Waals surface area contributed by atoms with Gasteiger partial charge < -0.3 is 14.2 Å². The van der Waals surface area contributed by atoms with Crippen LogP contribution in [0.25, 0.3) is 11.4 Å². The average Bonchev–Trinajstić information content (AvgIpc) is 3.06. The summed E-state index contributed by atoms with van der Waals surface area (Å²) in [5, 5.41) is 11.5. The van der Waals surface area contributed by atoms with E-state index in [4.69, 9.17) is 26.4 Å². The number of aromatic nitrogens is 3. The quantitative estimate of drug-likeness (QED) is 0.531. The highest BCUT2D eigenvalue weighted by molar-refractivity contribution is 7.71. The molecule has 3 rings (SSSR count). The van der Waals surface area contributed by atoms with Gasteiger partial charge in [0.1, 0.15) is 5.75 Å². The van der Waals surface area contributed by atoms with E-state index in [0.717, 1.165) is 5.56 Å². The molecule has 0 aliphatic rings. The van der Waals surface area contributed by atoms with Crippen molar-refractivity contribution in [1.82, 2.24) is 14.9 Å². The van der Waals surface area contributed by atoms with E-state index in [1.54, 1.807) is 44.4 Å². The Bertz CT molecular complexity index is 980. The molecule has 3 aromatic rings. The molecule has 134 valence electrons. The topological polar surface area (TPSA) is 73.7 Å². The molecule has 7 nitrogen and oxygen atoms in total. The van der Waals surface area contributed by atoms with Gasteiger partial charge in [0.05, 0.1) is 27.5 Å². The Morgan fingerprint density at radius 2 is 1.65 bits per heavy atom. The Hall–Kier alpha value is -3.13. The number of ether oxygens (including phenoxy) is 3. The standard InChI is InChI=1S/C18H18N4O3S/c1-23-14-10-16(25-3)15(24-2)9-13(14)11-19-22-17(20-21-18(22)26)12-7-5-4-6-8-12/h4-11H,1-3H3,(H,21,26)/b19-11+. The van der Waals surface area contributed by atoms with Gasteiger partial charge in [0.25, 0.3) is 0 Å². The van der Waals surface area contributed by atoms with E-state index in [-0.39, 0.29) is 0 Å². The minimum atomic E-state index is 0.388. The Kier molecular flexibility index (Phi) is 5.33. The van der Waals surface area contributed by atoms with Crippen LogP contribution in [0.3, 0.4) is 0 Å². The molecule has 0 radical (unpaired) electrons. The van der Waals surface area contributed by atoms with Crippen LogP contribution in [0, 0.1) is 4.77 Å². The lowest BCUT2D eigenvalue weighted by atomic mass is 10.2. The van der Waals surface area contributed by atoms with Gasteiger partial charge in [-0.25, -0.2) is 5.10 Å². The summed E-state index contributed by atoms with van der Waals surface area (Å²) in [6.07, 6.45) is 1.64. The second kappa shape index (κ2) is 7.83. The lowest BCUT2D eigenvalue weighted by molar-refractivity contribution is 0.349. The molecule has 1 N–H and O–H groups in total. The highest BCUT2D eigenvalue weighted by Crippen LogP contribution is 2.33. The van der Waals surface area contributed by atoms with Gasteiger partial charge in [-0.05, 0) is 18.3 Å². The summed E-state index contributed by atoms with van der Waals surface area (Å²) in [6.45, 7) is 0. The van der Waals surface area contributed by atoms with Crippen LogP contribution >= 0.6 is 12.2 Å². The molecule has 0 atom stereocenters. The van der Waals surface area contributed by atoms with Gasteiger partial charge in [-0.15, -0.1) is 0 Å². The summed E-state index contributed by atoms with van der Waals surface area (Å²) in [7, 11) is 4.73. The predicted molar refractivity (Wildman–Crippen MR) is 102 cm³/mol. The molecule has 0 spiro atoms. The third kappa shape index (κ3) is 3.45. The number of aromatic amines is 1. The number of H-pyrrole nitrogens is 1. The Morgan fingerprint density at radius 1 is 1.00 bits per heavy atom. The molecule has 0 fully saturated rings. The first-order valence-electron chi connectivity index (χ1n) is 7.75. The van der Waals surface area contributed by atoms with E-state index < -0.39 is 0 Å². The van der Waals surface area contributed by atoms with Crippen molar-refractivity contribution in [3.05, 3.63) is 52.8 Å². The van der Waals surface area contributed by atoms with Gasteiger partial charge in [-0.2, -0.15) is 14.9 Å². The molecule has 1 aromatic heterocycles. The molecule has 0 unspecified atom stereocenters. The fourth-order valence-corrected chi connectivity index (χ4v) is 2.63. The van der Waals surface area contributed by atoms with Crippen molar-refractivity contribution in [3.8, 4) is 28.6 Å². The van der Waals surface area contributed by atoms with Gasteiger partial charge >= 0.3 is 0 Å². The summed E-state index contributed by atoms with van der Waals surface area (Å²) >= 11 is 5.29. The maximum atomic E-state index is 5.42. The fraction of sp³-hybridized carbons (Fsp3) is 0.167. The van der Waals surface area contributed by atoms with Crippen molar-refractivity contribution in [1.29, 1.82) is 0 Å². The third-order valence-electron chi connectivity index (χ3n) is 3.73. The normalized spacial score (nSPS) is 10.9. The molecule has 0 saturated heterocycles. The predicted octanol–water partition coefficient (Wildman–Crippen LogP) is 3.52. The molecule has 0 aliphatic heterocycles. The third-order valence-corrected chi connectivity index (χ3v) is 3.99.